The van der Waals surface area contributed by atoms with Gasteiger partial charge in [-0.3, -0.25) is 4.79 Å². The van der Waals surface area contributed by atoms with E-state index in [0.717, 1.165) is 0 Å². The quantitative estimate of drug-likeness (QED) is 0.654. The van der Waals surface area contributed by atoms with E-state index < -0.39 is 17.9 Å². The van der Waals surface area contributed by atoms with Crippen LogP contribution in [0, 0.1) is 0 Å². The van der Waals surface area contributed by atoms with Crippen molar-refractivity contribution in [2.45, 2.75) is 12.5 Å². The van der Waals surface area contributed by atoms with E-state index in [1.54, 1.807) is 6.07 Å². The number of hydrogen-bond donors (Lipinski definition) is 3. The number of nitrogens with two attached hydrogens (primary N) is 1. The number of ether oxygens (including phenoxy) is 1. The van der Waals surface area contributed by atoms with E-state index in [9.17, 15) is 9.59 Å². The number of carboxylic acids is 1. The van der Waals surface area contributed by atoms with Crippen LogP contribution >= 0.6 is 11.8 Å². The molecule has 0 aliphatic heterocycles. The van der Waals surface area contributed by atoms with Crippen LogP contribution in [0.25, 0.3) is 0 Å². The van der Waals surface area contributed by atoms with Crippen molar-refractivity contribution in [1.29, 1.82) is 0 Å². The summed E-state index contributed by atoms with van der Waals surface area (Å²) in [6, 6.07) is 3.68. The van der Waals surface area contributed by atoms with E-state index in [1.807, 2.05) is 6.26 Å². The molecule has 1 amide bonds. The minimum Gasteiger partial charge on any atom is -0.496 e. The topological polar surface area (TPSA) is 102 Å². The molecule has 0 heterocycles. The number of aliphatic carboxylic acids is 1. The van der Waals surface area contributed by atoms with Crippen LogP contribution in [0.2, 0.25) is 0 Å². The molecule has 1 aromatic carbocycles. The molecule has 20 heavy (non-hydrogen) atoms. The van der Waals surface area contributed by atoms with Crippen LogP contribution in [-0.2, 0) is 4.79 Å². The Kier molecular flexibility index (Phi) is 6.17. The zero-order valence-corrected chi connectivity index (χ0v) is 12.2. The smallest absolute Gasteiger partial charge is 0.326 e. The first kappa shape index (κ1) is 16.2. The molecule has 0 unspecified atom stereocenters. The summed E-state index contributed by atoms with van der Waals surface area (Å²) in [5, 5.41) is 11.6. The maximum Gasteiger partial charge on any atom is 0.326 e. The van der Waals surface area contributed by atoms with Gasteiger partial charge in [0.05, 0.1) is 12.7 Å². The van der Waals surface area contributed by atoms with Crippen molar-refractivity contribution in [2.75, 3.05) is 24.9 Å². The van der Waals surface area contributed by atoms with Crippen molar-refractivity contribution in [3.05, 3.63) is 23.8 Å². The second-order valence-electron chi connectivity index (χ2n) is 4.11. The number of nitrogen functional groups attached to an aromatic ring is 1. The number of nitrogens with one attached hydrogen (secondary N) is 1. The van der Waals surface area contributed by atoms with Crippen molar-refractivity contribution in [1.82, 2.24) is 5.32 Å². The number of carboxylic acid groups (broad SMARTS) is 1. The predicted octanol–water partition coefficient (Wildman–Crippen LogP) is 1.21. The van der Waals surface area contributed by atoms with Crippen LogP contribution in [-0.4, -0.2) is 42.1 Å². The summed E-state index contributed by atoms with van der Waals surface area (Å²) in [6.07, 6.45) is 2.24. The van der Waals surface area contributed by atoms with Crippen LogP contribution < -0.4 is 15.8 Å². The molecule has 0 saturated heterocycles. The van der Waals surface area contributed by atoms with Gasteiger partial charge in [0.1, 0.15) is 11.8 Å². The first-order chi connectivity index (χ1) is 9.49. The number of methoxy groups -OCH3 is 1. The molecule has 0 bridgehead atoms. The lowest BCUT2D eigenvalue weighted by atomic mass is 10.1. The minimum atomic E-state index is -1.05. The van der Waals surface area contributed by atoms with Crippen molar-refractivity contribution < 1.29 is 19.4 Å². The molecule has 6 nitrogen and oxygen atoms in total. The van der Waals surface area contributed by atoms with Gasteiger partial charge in [0, 0.05) is 11.8 Å². The Hall–Kier alpha value is -1.89. The summed E-state index contributed by atoms with van der Waals surface area (Å²) < 4.78 is 5.08. The third-order valence-electron chi connectivity index (χ3n) is 2.68. The van der Waals surface area contributed by atoms with Gasteiger partial charge >= 0.3 is 5.97 Å². The largest absolute Gasteiger partial charge is 0.496 e. The molecule has 4 N–H and O–H groups in total. The van der Waals surface area contributed by atoms with Crippen LogP contribution in [0.4, 0.5) is 5.69 Å². The van der Waals surface area contributed by atoms with Gasteiger partial charge in [0.2, 0.25) is 0 Å². The number of hydrogen-bond acceptors (Lipinski definition) is 5. The van der Waals surface area contributed by atoms with Crippen LogP contribution in [0.5, 0.6) is 5.75 Å². The molecule has 110 valence electrons. The molecule has 0 radical (unpaired) electrons. The summed E-state index contributed by atoms with van der Waals surface area (Å²) in [5.74, 6) is -0.579. The summed E-state index contributed by atoms with van der Waals surface area (Å²) >= 11 is 1.52. The van der Waals surface area contributed by atoms with Crippen molar-refractivity contribution in [3.8, 4) is 5.75 Å². The van der Waals surface area contributed by atoms with Crippen LogP contribution in [0.3, 0.4) is 0 Å². The third-order valence-corrected chi connectivity index (χ3v) is 3.33. The molecular weight excluding hydrogens is 280 g/mol. The normalized spacial score (nSPS) is 11.7. The Balaban J connectivity index is 2.86. The van der Waals surface area contributed by atoms with Gasteiger partial charge in [0.15, 0.2) is 0 Å². The highest BCUT2D eigenvalue weighted by Crippen LogP contribution is 2.21. The highest BCUT2D eigenvalue weighted by molar-refractivity contribution is 7.98. The molecule has 1 atom stereocenters. The number of carbonyl (C=O) groups excluding carboxylic acids is 1. The average Bonchev–Trinajstić information content (AvgIpc) is 2.42. The lowest BCUT2D eigenvalue weighted by Gasteiger charge is -2.15. The lowest BCUT2D eigenvalue weighted by molar-refractivity contribution is -0.139. The third kappa shape index (κ3) is 4.34. The molecule has 0 spiro atoms. The zero-order chi connectivity index (χ0) is 15.1. The van der Waals surface area contributed by atoms with Gasteiger partial charge in [-0.15, -0.1) is 0 Å². The van der Waals surface area contributed by atoms with Crippen LogP contribution in [0.1, 0.15) is 16.8 Å². The van der Waals surface area contributed by atoms with E-state index in [-0.39, 0.29) is 5.56 Å². The fourth-order valence-corrected chi connectivity index (χ4v) is 2.10. The van der Waals surface area contributed by atoms with Gasteiger partial charge < -0.3 is 20.9 Å². The number of amides is 1. The number of benzene rings is 1. The van der Waals surface area contributed by atoms with Gasteiger partial charge in [-0.05, 0) is 30.6 Å². The van der Waals surface area contributed by atoms with E-state index in [4.69, 9.17) is 15.6 Å². The van der Waals surface area contributed by atoms with E-state index in [0.29, 0.717) is 23.6 Å². The van der Waals surface area contributed by atoms with Gasteiger partial charge in [0.25, 0.3) is 5.91 Å². The summed E-state index contributed by atoms with van der Waals surface area (Å²) in [4.78, 5) is 23.2. The lowest BCUT2D eigenvalue weighted by Crippen LogP contribution is -2.41. The van der Waals surface area contributed by atoms with Crippen molar-refractivity contribution in [3.63, 3.8) is 0 Å². The van der Waals surface area contributed by atoms with Gasteiger partial charge in [-0.1, -0.05) is 0 Å². The number of thioether (sulfide) groups is 1. The molecule has 1 rings (SSSR count). The first-order valence-electron chi connectivity index (χ1n) is 5.95. The number of rotatable bonds is 7. The Morgan fingerprint density at radius 3 is 2.75 bits per heavy atom. The van der Waals surface area contributed by atoms with Crippen molar-refractivity contribution in [2.24, 2.45) is 0 Å². The molecule has 0 aromatic heterocycles. The van der Waals surface area contributed by atoms with Gasteiger partial charge in [-0.25, -0.2) is 4.79 Å². The molecule has 0 saturated carbocycles. The molecule has 1 aromatic rings. The highest BCUT2D eigenvalue weighted by Gasteiger charge is 2.22. The first-order valence-corrected chi connectivity index (χ1v) is 7.35. The highest BCUT2D eigenvalue weighted by atomic mass is 32.2. The van der Waals surface area contributed by atoms with Gasteiger partial charge in [-0.2, -0.15) is 11.8 Å². The summed E-state index contributed by atoms with van der Waals surface area (Å²) in [6.45, 7) is 0. The Morgan fingerprint density at radius 1 is 1.50 bits per heavy atom. The predicted molar refractivity (Wildman–Crippen MR) is 79.3 cm³/mol. The fourth-order valence-electron chi connectivity index (χ4n) is 1.62. The molecule has 0 aliphatic carbocycles. The summed E-state index contributed by atoms with van der Waals surface area (Å²) in [5.41, 5.74) is 6.34. The molecular formula is C13H18N2O4S. The van der Waals surface area contributed by atoms with Crippen LogP contribution in [0.15, 0.2) is 18.2 Å². The minimum absolute atomic E-state index is 0.261. The second kappa shape index (κ2) is 7.64. The Labute approximate surface area is 121 Å². The number of anilines is 1. The maximum absolute atomic E-state index is 12.1. The van der Waals surface area contributed by atoms with E-state index >= 15 is 0 Å². The Morgan fingerprint density at radius 2 is 2.20 bits per heavy atom. The second-order valence-corrected chi connectivity index (χ2v) is 5.09. The standard InChI is InChI=1S/C13H18N2O4S/c1-19-11-7-8(14)3-4-9(11)12(16)15-10(13(17)18)5-6-20-2/h3-4,7,10H,5-6,14H2,1-2H3,(H,15,16)(H,17,18)/t10-/m1/s1. The fraction of sp³-hybridized carbons (Fsp3) is 0.385. The molecule has 0 fully saturated rings. The maximum atomic E-state index is 12.1. The molecule has 7 heteroatoms. The Bertz CT molecular complexity index is 493. The SMILES string of the molecule is COc1cc(N)ccc1C(=O)N[C@H](CCSC)C(=O)O. The van der Waals surface area contributed by atoms with Crippen molar-refractivity contribution >= 4 is 29.3 Å². The monoisotopic (exact) mass is 298 g/mol. The average molecular weight is 298 g/mol. The summed E-state index contributed by atoms with van der Waals surface area (Å²) in [7, 11) is 1.42. The molecule has 0 aliphatic rings. The number of carbonyl (C=O) groups is 2. The zero-order valence-electron chi connectivity index (χ0n) is 11.4. The van der Waals surface area contributed by atoms with E-state index in [2.05, 4.69) is 5.32 Å². The van der Waals surface area contributed by atoms with E-state index in [1.165, 1.54) is 31.0 Å².